The molecule has 2 rings (SSSR count). The van der Waals surface area contributed by atoms with E-state index in [-0.39, 0.29) is 6.61 Å². The summed E-state index contributed by atoms with van der Waals surface area (Å²) in [6, 6.07) is 7.60. The van der Waals surface area contributed by atoms with Crippen LogP contribution in [0.15, 0.2) is 41.8 Å². The molecule has 1 N–H and O–H groups in total. The fraction of sp³-hybridized carbons (Fsp3) is 0.200. The molecule has 20 heavy (non-hydrogen) atoms. The smallest absolute Gasteiger partial charge is 0.122 e. The third-order valence-electron chi connectivity index (χ3n) is 2.52. The van der Waals surface area contributed by atoms with Gasteiger partial charge in [0.15, 0.2) is 0 Å². The molecule has 1 aromatic carbocycles. The molecule has 1 heterocycles. The summed E-state index contributed by atoms with van der Waals surface area (Å²) in [4.78, 5) is 8.06. The van der Waals surface area contributed by atoms with Gasteiger partial charge in [0, 0.05) is 23.1 Å². The highest BCUT2D eigenvalue weighted by atomic mass is 32.2. The van der Waals surface area contributed by atoms with Crippen molar-refractivity contribution in [2.24, 2.45) is 0 Å². The van der Waals surface area contributed by atoms with E-state index in [1.807, 2.05) is 24.3 Å². The van der Waals surface area contributed by atoms with Crippen LogP contribution in [0.5, 0.6) is 5.75 Å². The Morgan fingerprint density at radius 2 is 2.25 bits per heavy atom. The Morgan fingerprint density at radius 3 is 2.95 bits per heavy atom. The van der Waals surface area contributed by atoms with Gasteiger partial charge in [0.25, 0.3) is 0 Å². The lowest BCUT2D eigenvalue weighted by Crippen LogP contribution is -1.92. The van der Waals surface area contributed by atoms with Gasteiger partial charge in [0.2, 0.25) is 0 Å². The average Bonchev–Trinajstić information content (AvgIpc) is 2.52. The molecule has 0 amide bonds. The van der Waals surface area contributed by atoms with Crippen LogP contribution in [0.25, 0.3) is 0 Å². The lowest BCUT2D eigenvalue weighted by Gasteiger charge is -2.08. The summed E-state index contributed by atoms with van der Waals surface area (Å²) >= 11 is 1.61. The van der Waals surface area contributed by atoms with Crippen molar-refractivity contribution in [3.05, 3.63) is 47.9 Å². The first kappa shape index (κ1) is 14.4. The molecule has 0 aliphatic heterocycles. The average molecular weight is 286 g/mol. The molecule has 102 valence electrons. The largest absolute Gasteiger partial charge is 0.496 e. The second-order valence-electron chi connectivity index (χ2n) is 3.82. The molecule has 0 aliphatic rings. The molecular weight excluding hydrogens is 272 g/mol. The van der Waals surface area contributed by atoms with Crippen molar-refractivity contribution >= 4 is 11.8 Å². The van der Waals surface area contributed by atoms with E-state index in [0.29, 0.717) is 0 Å². The summed E-state index contributed by atoms with van der Waals surface area (Å²) in [6.07, 6.45) is 3.25. The first-order chi connectivity index (χ1) is 9.83. The number of thioether (sulfide) groups is 1. The molecule has 0 aliphatic carbocycles. The maximum absolute atomic E-state index is 8.73. The summed E-state index contributed by atoms with van der Waals surface area (Å²) in [5.41, 5.74) is 1.90. The Morgan fingerprint density at radius 1 is 1.35 bits per heavy atom. The highest BCUT2D eigenvalue weighted by Crippen LogP contribution is 2.27. The first-order valence-electron chi connectivity index (χ1n) is 5.99. The fourth-order valence-corrected chi connectivity index (χ4v) is 2.43. The van der Waals surface area contributed by atoms with E-state index in [0.717, 1.165) is 27.7 Å². The Bertz CT molecular complexity index is 621. The number of hydrogen-bond donors (Lipinski definition) is 1. The lowest BCUT2D eigenvalue weighted by atomic mass is 10.1. The Labute approximate surface area is 122 Å². The number of hydrogen-bond acceptors (Lipinski definition) is 5. The lowest BCUT2D eigenvalue weighted by molar-refractivity contribution is 0.350. The van der Waals surface area contributed by atoms with Gasteiger partial charge in [0.05, 0.1) is 12.1 Å². The number of aliphatic hydroxyl groups is 1. The van der Waals surface area contributed by atoms with Crippen molar-refractivity contribution in [1.82, 2.24) is 9.97 Å². The van der Waals surface area contributed by atoms with Crippen LogP contribution < -0.4 is 4.74 Å². The van der Waals surface area contributed by atoms with Gasteiger partial charge in [-0.05, 0) is 24.3 Å². The highest BCUT2D eigenvalue weighted by molar-refractivity contribution is 7.98. The van der Waals surface area contributed by atoms with Crippen LogP contribution in [-0.4, -0.2) is 28.8 Å². The maximum Gasteiger partial charge on any atom is 0.122 e. The van der Waals surface area contributed by atoms with Gasteiger partial charge in [-0.1, -0.05) is 11.8 Å². The van der Waals surface area contributed by atoms with Crippen molar-refractivity contribution in [2.75, 3.05) is 13.7 Å². The maximum atomic E-state index is 8.73. The van der Waals surface area contributed by atoms with E-state index in [2.05, 4.69) is 21.8 Å². The SMILES string of the molecule is COc1ccc(C#CCO)cc1CSc1ccncn1. The second-order valence-corrected chi connectivity index (χ2v) is 4.82. The van der Waals surface area contributed by atoms with Crippen LogP contribution >= 0.6 is 11.8 Å². The summed E-state index contributed by atoms with van der Waals surface area (Å²) in [5, 5.41) is 9.64. The first-order valence-corrected chi connectivity index (χ1v) is 6.97. The monoisotopic (exact) mass is 286 g/mol. The van der Waals surface area contributed by atoms with E-state index >= 15 is 0 Å². The molecule has 0 saturated carbocycles. The minimum absolute atomic E-state index is 0.142. The molecule has 0 atom stereocenters. The van der Waals surface area contributed by atoms with Crippen LogP contribution in [0.4, 0.5) is 0 Å². The van der Waals surface area contributed by atoms with E-state index in [1.54, 1.807) is 25.1 Å². The molecule has 0 radical (unpaired) electrons. The van der Waals surface area contributed by atoms with Crippen molar-refractivity contribution in [2.45, 2.75) is 10.8 Å². The van der Waals surface area contributed by atoms with E-state index in [4.69, 9.17) is 9.84 Å². The Kier molecular flexibility index (Phi) is 5.42. The summed E-state index contributed by atoms with van der Waals surface area (Å²) in [5.74, 6) is 7.09. The molecule has 0 saturated heterocycles. The van der Waals surface area contributed by atoms with E-state index in [1.165, 1.54) is 6.33 Å². The zero-order chi connectivity index (χ0) is 14.2. The topological polar surface area (TPSA) is 55.2 Å². The van der Waals surface area contributed by atoms with Gasteiger partial charge in [-0.15, -0.1) is 11.8 Å². The predicted octanol–water partition coefficient (Wildman–Crippen LogP) is 2.12. The molecule has 5 heteroatoms. The second kappa shape index (κ2) is 7.53. The van der Waals surface area contributed by atoms with Crippen molar-refractivity contribution in [3.63, 3.8) is 0 Å². The van der Waals surface area contributed by atoms with Crippen LogP contribution in [0.1, 0.15) is 11.1 Å². The highest BCUT2D eigenvalue weighted by Gasteiger charge is 2.05. The molecule has 2 aromatic rings. The number of ether oxygens (including phenoxy) is 1. The minimum atomic E-state index is -0.142. The Hall–Kier alpha value is -2.03. The van der Waals surface area contributed by atoms with Crippen molar-refractivity contribution in [1.29, 1.82) is 0 Å². The normalized spacial score (nSPS) is 9.70. The third-order valence-corrected chi connectivity index (χ3v) is 3.52. The molecule has 0 fully saturated rings. The van der Waals surface area contributed by atoms with Crippen molar-refractivity contribution in [3.8, 4) is 17.6 Å². The standard InChI is InChI=1S/C15H14N2O2S/c1-19-14-5-4-12(3-2-8-18)9-13(14)10-20-15-6-7-16-11-17-15/h4-7,9,11,18H,8,10H2,1H3. The van der Waals surface area contributed by atoms with E-state index < -0.39 is 0 Å². The summed E-state index contributed by atoms with van der Waals surface area (Å²) in [6.45, 7) is -0.142. The van der Waals surface area contributed by atoms with Crippen LogP contribution in [0.2, 0.25) is 0 Å². The zero-order valence-electron chi connectivity index (χ0n) is 11.0. The third kappa shape index (κ3) is 3.98. The summed E-state index contributed by atoms with van der Waals surface area (Å²) < 4.78 is 5.35. The summed E-state index contributed by atoms with van der Waals surface area (Å²) in [7, 11) is 1.65. The molecule has 1 aromatic heterocycles. The number of benzene rings is 1. The number of nitrogens with zero attached hydrogens (tertiary/aromatic N) is 2. The molecule has 0 spiro atoms. The Balaban J connectivity index is 2.16. The fourth-order valence-electron chi connectivity index (χ4n) is 1.63. The number of aliphatic hydroxyl groups excluding tert-OH is 1. The van der Waals surface area contributed by atoms with Gasteiger partial charge in [0.1, 0.15) is 18.7 Å². The zero-order valence-corrected chi connectivity index (χ0v) is 11.9. The molecule has 4 nitrogen and oxygen atoms in total. The number of rotatable bonds is 4. The minimum Gasteiger partial charge on any atom is -0.496 e. The molecule has 0 bridgehead atoms. The van der Waals surface area contributed by atoms with Crippen LogP contribution in [0.3, 0.4) is 0 Å². The van der Waals surface area contributed by atoms with Gasteiger partial charge in [-0.25, -0.2) is 9.97 Å². The van der Waals surface area contributed by atoms with Crippen LogP contribution in [0, 0.1) is 11.8 Å². The van der Waals surface area contributed by atoms with Crippen molar-refractivity contribution < 1.29 is 9.84 Å². The quantitative estimate of drug-likeness (QED) is 0.530. The van der Waals surface area contributed by atoms with Crippen LogP contribution in [-0.2, 0) is 5.75 Å². The van der Waals surface area contributed by atoms with Gasteiger partial charge < -0.3 is 9.84 Å². The number of methoxy groups -OCH3 is 1. The molecular formula is C15H14N2O2S. The molecule has 0 unspecified atom stereocenters. The van der Waals surface area contributed by atoms with Gasteiger partial charge in [-0.3, -0.25) is 0 Å². The predicted molar refractivity (Wildman–Crippen MR) is 78.6 cm³/mol. The number of aromatic nitrogens is 2. The van der Waals surface area contributed by atoms with E-state index in [9.17, 15) is 0 Å². The van der Waals surface area contributed by atoms with Gasteiger partial charge in [-0.2, -0.15) is 0 Å². The van der Waals surface area contributed by atoms with Gasteiger partial charge >= 0.3 is 0 Å².